The fraction of sp³-hybridized carbons (Fsp3) is 0.348. The number of aromatic hydroxyl groups is 1. The number of fused-ring (bicyclic) bond motifs is 1. The fourth-order valence-electron chi connectivity index (χ4n) is 4.01. The number of phenolic OH excluding ortho intramolecular Hbond substituents is 1. The van der Waals surface area contributed by atoms with Crippen molar-refractivity contribution in [3.8, 4) is 22.8 Å². The molecule has 2 N–H and O–H groups in total. The Hall–Kier alpha value is -2.48. The standard InChI is InChI=1S/C23H26N2O4S/c1-14(26)12-25-9-8-24-18(13-25)15-5-7-20-17(10-15)23(30-3)22(29-20)16-4-6-19(27)21(11-16)28-2/h4-7,10-11,18,24,27H,8-9,12-13H2,1-3H3. The van der Waals surface area contributed by atoms with E-state index in [1.807, 2.05) is 18.4 Å². The number of nitrogens with one attached hydrogen (secondary N) is 1. The van der Waals surface area contributed by atoms with Gasteiger partial charge in [0.25, 0.3) is 0 Å². The molecular weight excluding hydrogens is 400 g/mol. The van der Waals surface area contributed by atoms with Gasteiger partial charge < -0.3 is 19.6 Å². The van der Waals surface area contributed by atoms with Crippen LogP contribution in [0, 0.1) is 0 Å². The average molecular weight is 427 g/mol. The predicted octanol–water partition coefficient (Wildman–Crippen LogP) is 4.07. The lowest BCUT2D eigenvalue weighted by molar-refractivity contribution is -0.118. The molecule has 1 fully saturated rings. The van der Waals surface area contributed by atoms with Crippen molar-refractivity contribution in [1.29, 1.82) is 0 Å². The molecule has 0 saturated carbocycles. The number of benzene rings is 2. The molecule has 0 aliphatic carbocycles. The summed E-state index contributed by atoms with van der Waals surface area (Å²) in [5.41, 5.74) is 2.86. The molecule has 7 heteroatoms. The minimum Gasteiger partial charge on any atom is -0.504 e. The van der Waals surface area contributed by atoms with E-state index in [0.29, 0.717) is 12.3 Å². The average Bonchev–Trinajstić information content (AvgIpc) is 3.11. The predicted molar refractivity (Wildman–Crippen MR) is 120 cm³/mol. The molecular formula is C23H26N2O4S. The van der Waals surface area contributed by atoms with Gasteiger partial charge in [-0.2, -0.15) is 0 Å². The van der Waals surface area contributed by atoms with E-state index in [9.17, 15) is 9.90 Å². The third-order valence-electron chi connectivity index (χ3n) is 5.42. The lowest BCUT2D eigenvalue weighted by Crippen LogP contribution is -2.47. The van der Waals surface area contributed by atoms with E-state index < -0.39 is 0 Å². The lowest BCUT2D eigenvalue weighted by Gasteiger charge is -2.33. The topological polar surface area (TPSA) is 74.9 Å². The summed E-state index contributed by atoms with van der Waals surface area (Å²) in [5.74, 6) is 1.48. The summed E-state index contributed by atoms with van der Waals surface area (Å²) in [7, 11) is 1.53. The van der Waals surface area contributed by atoms with Crippen molar-refractivity contribution in [2.45, 2.75) is 17.9 Å². The van der Waals surface area contributed by atoms with Gasteiger partial charge >= 0.3 is 0 Å². The van der Waals surface area contributed by atoms with Gasteiger partial charge in [0, 0.05) is 36.6 Å². The summed E-state index contributed by atoms with van der Waals surface area (Å²) in [5, 5.41) is 14.5. The van der Waals surface area contributed by atoms with Gasteiger partial charge in [-0.3, -0.25) is 9.69 Å². The van der Waals surface area contributed by atoms with Crippen molar-refractivity contribution in [3.63, 3.8) is 0 Å². The molecule has 1 aromatic heterocycles. The molecule has 1 atom stereocenters. The van der Waals surface area contributed by atoms with Crippen molar-refractivity contribution in [2.24, 2.45) is 0 Å². The molecule has 3 aromatic rings. The van der Waals surface area contributed by atoms with Gasteiger partial charge in [-0.25, -0.2) is 0 Å². The molecule has 4 rings (SSSR count). The van der Waals surface area contributed by atoms with Crippen LogP contribution in [0.4, 0.5) is 0 Å². The monoisotopic (exact) mass is 426 g/mol. The minimum absolute atomic E-state index is 0.101. The molecule has 158 valence electrons. The van der Waals surface area contributed by atoms with Crippen LogP contribution in [0.25, 0.3) is 22.3 Å². The van der Waals surface area contributed by atoms with Crippen LogP contribution < -0.4 is 10.1 Å². The molecule has 1 aliphatic heterocycles. The first kappa shape index (κ1) is 20.8. The van der Waals surface area contributed by atoms with E-state index in [1.165, 1.54) is 12.7 Å². The summed E-state index contributed by atoms with van der Waals surface area (Å²) in [4.78, 5) is 14.8. The molecule has 2 heterocycles. The number of nitrogens with zero attached hydrogens (tertiary/aromatic N) is 1. The maximum atomic E-state index is 11.5. The molecule has 6 nitrogen and oxygen atoms in total. The number of carbonyl (C=O) groups is 1. The molecule has 0 amide bonds. The number of carbonyl (C=O) groups excluding carboxylic acids is 1. The lowest BCUT2D eigenvalue weighted by atomic mass is 10.0. The Labute approximate surface area is 180 Å². The number of hydrogen-bond acceptors (Lipinski definition) is 7. The van der Waals surface area contributed by atoms with Gasteiger partial charge in [0.2, 0.25) is 0 Å². The zero-order valence-electron chi connectivity index (χ0n) is 17.4. The maximum Gasteiger partial charge on any atom is 0.161 e. The van der Waals surface area contributed by atoms with Crippen LogP contribution in [-0.2, 0) is 4.79 Å². The van der Waals surface area contributed by atoms with Gasteiger partial charge in [-0.1, -0.05) is 6.07 Å². The summed E-state index contributed by atoms with van der Waals surface area (Å²) < 4.78 is 11.5. The van der Waals surface area contributed by atoms with Gasteiger partial charge in [0.05, 0.1) is 18.6 Å². The van der Waals surface area contributed by atoms with Crippen LogP contribution in [0.2, 0.25) is 0 Å². The Morgan fingerprint density at radius 1 is 1.33 bits per heavy atom. The van der Waals surface area contributed by atoms with Gasteiger partial charge in [0.15, 0.2) is 11.5 Å². The van der Waals surface area contributed by atoms with Crippen molar-refractivity contribution in [2.75, 3.05) is 39.5 Å². The normalized spacial score (nSPS) is 17.4. The van der Waals surface area contributed by atoms with E-state index in [0.717, 1.165) is 46.8 Å². The van der Waals surface area contributed by atoms with Crippen LogP contribution in [0.15, 0.2) is 45.7 Å². The minimum atomic E-state index is 0.101. The number of furan rings is 1. The molecule has 1 unspecified atom stereocenters. The zero-order chi connectivity index (χ0) is 21.3. The van der Waals surface area contributed by atoms with E-state index in [2.05, 4.69) is 22.3 Å². The van der Waals surface area contributed by atoms with Crippen LogP contribution in [0.1, 0.15) is 18.5 Å². The van der Waals surface area contributed by atoms with E-state index in [4.69, 9.17) is 9.15 Å². The third kappa shape index (κ3) is 4.05. The maximum absolute atomic E-state index is 11.5. The largest absolute Gasteiger partial charge is 0.504 e. The van der Waals surface area contributed by atoms with Crippen molar-refractivity contribution in [3.05, 3.63) is 42.0 Å². The van der Waals surface area contributed by atoms with Gasteiger partial charge in [-0.05, 0) is 49.1 Å². The molecule has 1 aliphatic rings. The number of phenols is 1. The Kier molecular flexibility index (Phi) is 6.04. The highest BCUT2D eigenvalue weighted by molar-refractivity contribution is 7.99. The quantitative estimate of drug-likeness (QED) is 0.576. The number of methoxy groups -OCH3 is 1. The van der Waals surface area contributed by atoms with Gasteiger partial charge in [0.1, 0.15) is 17.1 Å². The molecule has 2 aromatic carbocycles. The third-order valence-corrected chi connectivity index (χ3v) is 6.23. The summed E-state index contributed by atoms with van der Waals surface area (Å²) in [6, 6.07) is 11.7. The Morgan fingerprint density at radius 2 is 2.17 bits per heavy atom. The van der Waals surface area contributed by atoms with Crippen LogP contribution in [0.5, 0.6) is 11.5 Å². The molecule has 0 radical (unpaired) electrons. The van der Waals surface area contributed by atoms with Crippen molar-refractivity contribution < 1.29 is 19.1 Å². The molecule has 1 saturated heterocycles. The Morgan fingerprint density at radius 3 is 2.90 bits per heavy atom. The number of ketones is 1. The highest BCUT2D eigenvalue weighted by Crippen LogP contribution is 2.42. The number of rotatable bonds is 6. The Balaban J connectivity index is 1.70. The summed E-state index contributed by atoms with van der Waals surface area (Å²) in [6.07, 6.45) is 2.03. The first-order chi connectivity index (χ1) is 14.5. The number of ether oxygens (including phenoxy) is 1. The highest BCUT2D eigenvalue weighted by atomic mass is 32.2. The summed E-state index contributed by atoms with van der Waals surface area (Å²) in [6.45, 7) is 4.68. The first-order valence-electron chi connectivity index (χ1n) is 9.93. The number of thioether (sulfide) groups is 1. The van der Waals surface area contributed by atoms with Crippen LogP contribution in [-0.4, -0.2) is 55.3 Å². The second kappa shape index (κ2) is 8.71. The second-order valence-corrected chi connectivity index (χ2v) is 8.37. The summed E-state index contributed by atoms with van der Waals surface area (Å²) >= 11 is 1.64. The zero-order valence-corrected chi connectivity index (χ0v) is 18.2. The van der Waals surface area contributed by atoms with Crippen molar-refractivity contribution >= 4 is 28.5 Å². The van der Waals surface area contributed by atoms with E-state index in [-0.39, 0.29) is 17.6 Å². The molecule has 0 bridgehead atoms. The van der Waals surface area contributed by atoms with Crippen LogP contribution >= 0.6 is 11.8 Å². The molecule has 30 heavy (non-hydrogen) atoms. The second-order valence-electron chi connectivity index (χ2n) is 7.55. The van der Waals surface area contributed by atoms with Crippen molar-refractivity contribution in [1.82, 2.24) is 10.2 Å². The number of piperazine rings is 1. The Bertz CT molecular complexity index is 1080. The number of hydrogen-bond donors (Lipinski definition) is 2. The van der Waals surface area contributed by atoms with Gasteiger partial charge in [-0.15, -0.1) is 11.8 Å². The van der Waals surface area contributed by atoms with E-state index in [1.54, 1.807) is 30.8 Å². The highest BCUT2D eigenvalue weighted by Gasteiger charge is 2.23. The molecule has 0 spiro atoms. The van der Waals surface area contributed by atoms with Crippen LogP contribution in [0.3, 0.4) is 0 Å². The SMILES string of the molecule is COc1cc(-c2oc3ccc(C4CN(CC(C)=O)CCN4)cc3c2SC)ccc1O. The number of Topliss-reactive ketones (excluding diaryl/α,β-unsaturated/α-hetero) is 1. The first-order valence-corrected chi connectivity index (χ1v) is 11.2. The smallest absolute Gasteiger partial charge is 0.161 e. The fourth-order valence-corrected chi connectivity index (χ4v) is 4.74. The van der Waals surface area contributed by atoms with E-state index >= 15 is 0 Å².